The zero-order valence-corrected chi connectivity index (χ0v) is 16.1. The summed E-state index contributed by atoms with van der Waals surface area (Å²) in [6, 6.07) is 19.4. The number of hydrogen-bond acceptors (Lipinski definition) is 4. The first kappa shape index (κ1) is 19.8. The predicted octanol–water partition coefficient (Wildman–Crippen LogP) is 4.21. The molecule has 0 spiro atoms. The van der Waals surface area contributed by atoms with Crippen LogP contribution in [0.25, 0.3) is 0 Å². The lowest BCUT2D eigenvalue weighted by Gasteiger charge is -2.09. The van der Waals surface area contributed by atoms with Gasteiger partial charge in [-0.2, -0.15) is 0 Å². The van der Waals surface area contributed by atoms with E-state index in [1.165, 1.54) is 18.3 Å². The van der Waals surface area contributed by atoms with Crippen LogP contribution in [-0.4, -0.2) is 19.2 Å². The van der Waals surface area contributed by atoms with Gasteiger partial charge in [-0.05, 0) is 48.2 Å². The third kappa shape index (κ3) is 6.35. The lowest BCUT2D eigenvalue weighted by atomic mass is 10.1. The number of nitrogens with zero attached hydrogens (tertiary/aromatic N) is 1. The van der Waals surface area contributed by atoms with Crippen molar-refractivity contribution in [3.63, 3.8) is 0 Å². The Kier molecular flexibility index (Phi) is 6.60. The molecule has 146 valence electrons. The molecule has 0 aliphatic heterocycles. The lowest BCUT2D eigenvalue weighted by Crippen LogP contribution is -2.17. The van der Waals surface area contributed by atoms with E-state index in [2.05, 4.69) is 15.0 Å². The van der Waals surface area contributed by atoms with Crippen molar-refractivity contribution < 1.29 is 12.8 Å². The number of anilines is 2. The van der Waals surface area contributed by atoms with E-state index in [0.29, 0.717) is 30.9 Å². The first-order valence-corrected chi connectivity index (χ1v) is 10.6. The molecule has 0 radical (unpaired) electrons. The molecule has 0 bridgehead atoms. The molecule has 3 aromatic rings. The van der Waals surface area contributed by atoms with Crippen molar-refractivity contribution in [2.45, 2.75) is 19.4 Å². The molecule has 0 amide bonds. The SMILES string of the molecule is O=S(=O)(CCCc1ccccc1)Nc1ccc(NCc2ccc(F)cc2)nc1. The Morgan fingerprint density at radius 3 is 2.32 bits per heavy atom. The van der Waals surface area contributed by atoms with Crippen LogP contribution in [0.5, 0.6) is 0 Å². The van der Waals surface area contributed by atoms with Crippen molar-refractivity contribution in [2.24, 2.45) is 0 Å². The number of aromatic nitrogens is 1. The maximum Gasteiger partial charge on any atom is 0.232 e. The normalized spacial score (nSPS) is 11.2. The van der Waals surface area contributed by atoms with E-state index in [1.54, 1.807) is 24.3 Å². The molecule has 2 aromatic carbocycles. The van der Waals surface area contributed by atoms with Crippen LogP contribution in [0.3, 0.4) is 0 Å². The van der Waals surface area contributed by atoms with E-state index in [4.69, 9.17) is 0 Å². The largest absolute Gasteiger partial charge is 0.366 e. The Labute approximate surface area is 164 Å². The monoisotopic (exact) mass is 399 g/mol. The number of hydrogen-bond donors (Lipinski definition) is 2. The van der Waals surface area contributed by atoms with E-state index < -0.39 is 10.0 Å². The van der Waals surface area contributed by atoms with Crippen molar-refractivity contribution >= 4 is 21.5 Å². The molecule has 28 heavy (non-hydrogen) atoms. The van der Waals surface area contributed by atoms with Crippen LogP contribution in [-0.2, 0) is 23.0 Å². The van der Waals surface area contributed by atoms with Crippen molar-refractivity contribution in [2.75, 3.05) is 15.8 Å². The van der Waals surface area contributed by atoms with E-state index in [9.17, 15) is 12.8 Å². The fourth-order valence-corrected chi connectivity index (χ4v) is 3.80. The number of sulfonamides is 1. The molecule has 5 nitrogen and oxygen atoms in total. The maximum absolute atomic E-state index is 12.9. The smallest absolute Gasteiger partial charge is 0.232 e. The van der Waals surface area contributed by atoms with Crippen LogP contribution in [0.4, 0.5) is 15.9 Å². The van der Waals surface area contributed by atoms with Gasteiger partial charge in [0.25, 0.3) is 0 Å². The van der Waals surface area contributed by atoms with Gasteiger partial charge in [0.15, 0.2) is 0 Å². The predicted molar refractivity (Wildman–Crippen MR) is 110 cm³/mol. The van der Waals surface area contributed by atoms with Crippen LogP contribution >= 0.6 is 0 Å². The van der Waals surface area contributed by atoms with Gasteiger partial charge in [0.05, 0.1) is 17.6 Å². The van der Waals surface area contributed by atoms with E-state index in [0.717, 1.165) is 11.1 Å². The van der Waals surface area contributed by atoms with Gasteiger partial charge in [0.1, 0.15) is 11.6 Å². The highest BCUT2D eigenvalue weighted by atomic mass is 32.2. The summed E-state index contributed by atoms with van der Waals surface area (Å²) in [6.07, 6.45) is 2.73. The zero-order valence-electron chi connectivity index (χ0n) is 15.3. The Balaban J connectivity index is 1.47. The Morgan fingerprint density at radius 1 is 0.893 bits per heavy atom. The Bertz CT molecular complexity index is 976. The molecule has 0 fully saturated rings. The van der Waals surface area contributed by atoms with E-state index in [-0.39, 0.29) is 11.6 Å². The highest BCUT2D eigenvalue weighted by Crippen LogP contribution is 2.14. The van der Waals surface area contributed by atoms with Crippen LogP contribution in [0.1, 0.15) is 17.5 Å². The third-order valence-corrected chi connectivity index (χ3v) is 5.52. The topological polar surface area (TPSA) is 71.1 Å². The second kappa shape index (κ2) is 9.32. The first-order chi connectivity index (χ1) is 13.5. The molecule has 0 unspecified atom stereocenters. The molecule has 0 saturated carbocycles. The van der Waals surface area contributed by atoms with Gasteiger partial charge in [0, 0.05) is 6.54 Å². The van der Waals surface area contributed by atoms with Gasteiger partial charge in [-0.3, -0.25) is 4.72 Å². The molecular formula is C21H22FN3O2S. The number of pyridine rings is 1. The summed E-state index contributed by atoms with van der Waals surface area (Å²) in [5, 5.41) is 3.11. The third-order valence-electron chi connectivity index (χ3n) is 4.15. The fraction of sp³-hybridized carbons (Fsp3) is 0.190. The van der Waals surface area contributed by atoms with Gasteiger partial charge in [0.2, 0.25) is 10.0 Å². The molecule has 0 atom stereocenters. The summed E-state index contributed by atoms with van der Waals surface area (Å²) in [5.74, 6) is 0.380. The van der Waals surface area contributed by atoms with Gasteiger partial charge < -0.3 is 5.32 Å². The minimum absolute atomic E-state index is 0.0481. The molecule has 0 aliphatic carbocycles. The highest BCUT2D eigenvalue weighted by Gasteiger charge is 2.10. The van der Waals surface area contributed by atoms with Gasteiger partial charge in [-0.1, -0.05) is 42.5 Å². The molecule has 7 heteroatoms. The minimum Gasteiger partial charge on any atom is -0.366 e. The number of aryl methyl sites for hydroxylation is 1. The van der Waals surface area contributed by atoms with Gasteiger partial charge in [-0.15, -0.1) is 0 Å². The quantitative estimate of drug-likeness (QED) is 0.566. The van der Waals surface area contributed by atoms with Crippen molar-refractivity contribution in [1.29, 1.82) is 0 Å². The van der Waals surface area contributed by atoms with Crippen molar-refractivity contribution in [1.82, 2.24) is 4.98 Å². The average molecular weight is 399 g/mol. The molecule has 0 saturated heterocycles. The molecule has 0 aliphatic rings. The Hall–Kier alpha value is -2.93. The first-order valence-electron chi connectivity index (χ1n) is 8.99. The van der Waals surface area contributed by atoms with Gasteiger partial charge >= 0.3 is 0 Å². The Morgan fingerprint density at radius 2 is 1.64 bits per heavy atom. The van der Waals surface area contributed by atoms with Crippen LogP contribution in [0, 0.1) is 5.82 Å². The average Bonchev–Trinajstić information content (AvgIpc) is 2.69. The summed E-state index contributed by atoms with van der Waals surface area (Å²) < 4.78 is 39.9. The highest BCUT2D eigenvalue weighted by molar-refractivity contribution is 7.92. The summed E-state index contributed by atoms with van der Waals surface area (Å²) in [5.41, 5.74) is 2.47. The van der Waals surface area contributed by atoms with Crippen LogP contribution < -0.4 is 10.0 Å². The molecular weight excluding hydrogens is 377 g/mol. The summed E-state index contributed by atoms with van der Waals surface area (Å²) in [4.78, 5) is 4.21. The molecule has 1 heterocycles. The number of halogens is 1. The molecule has 3 rings (SSSR count). The van der Waals surface area contributed by atoms with Crippen molar-refractivity contribution in [3.05, 3.63) is 89.9 Å². The lowest BCUT2D eigenvalue weighted by molar-refractivity contribution is 0.598. The number of rotatable bonds is 9. The second-order valence-corrected chi connectivity index (χ2v) is 8.26. The van der Waals surface area contributed by atoms with Crippen molar-refractivity contribution in [3.8, 4) is 0 Å². The summed E-state index contributed by atoms with van der Waals surface area (Å²) in [6.45, 7) is 0.498. The second-order valence-electron chi connectivity index (χ2n) is 6.42. The van der Waals surface area contributed by atoms with Gasteiger partial charge in [-0.25, -0.2) is 17.8 Å². The van der Waals surface area contributed by atoms with E-state index >= 15 is 0 Å². The number of benzene rings is 2. The van der Waals surface area contributed by atoms with E-state index in [1.807, 2.05) is 30.3 Å². The standard InChI is InChI=1S/C21H22FN3O2S/c22-19-10-8-18(9-11-19)15-23-21-13-12-20(16-24-21)25-28(26,27)14-4-7-17-5-2-1-3-6-17/h1-3,5-6,8-13,16,25H,4,7,14-15H2,(H,23,24). The maximum atomic E-state index is 12.9. The van der Waals surface area contributed by atoms with Crippen LogP contribution in [0.2, 0.25) is 0 Å². The molecule has 2 N–H and O–H groups in total. The number of nitrogens with one attached hydrogen (secondary N) is 2. The minimum atomic E-state index is -3.42. The van der Waals surface area contributed by atoms with Crippen LogP contribution in [0.15, 0.2) is 72.9 Å². The molecule has 1 aromatic heterocycles. The zero-order chi connectivity index (χ0) is 19.8. The summed E-state index contributed by atoms with van der Waals surface area (Å²) in [7, 11) is -3.42. The fourth-order valence-electron chi connectivity index (χ4n) is 2.70. The summed E-state index contributed by atoms with van der Waals surface area (Å²) >= 11 is 0.